The first-order chi connectivity index (χ1) is 10.1. The molecule has 0 aliphatic rings. The number of nitrogens with one attached hydrogen (secondary N) is 1. The van der Waals surface area contributed by atoms with Crippen molar-refractivity contribution < 1.29 is 13.5 Å². The van der Waals surface area contributed by atoms with Crippen LogP contribution < -0.4 is 10.1 Å². The van der Waals surface area contributed by atoms with Crippen LogP contribution in [0.3, 0.4) is 0 Å². The third-order valence-corrected chi connectivity index (χ3v) is 3.12. The van der Waals surface area contributed by atoms with Crippen LogP contribution in [0, 0.1) is 11.6 Å². The Balaban J connectivity index is 2.19. The van der Waals surface area contributed by atoms with E-state index in [-0.39, 0.29) is 5.75 Å². The smallest absolute Gasteiger partial charge is 0.198 e. The van der Waals surface area contributed by atoms with E-state index in [1.165, 1.54) is 17.7 Å². The van der Waals surface area contributed by atoms with E-state index in [1.54, 1.807) is 19.2 Å². The van der Waals surface area contributed by atoms with E-state index in [0.717, 1.165) is 12.8 Å². The monoisotopic (exact) mass is 291 g/mol. The zero-order chi connectivity index (χ0) is 15.2. The molecule has 0 amide bonds. The SMILES string of the molecule is CCCc1ccc(Oc2c(F)cc(CNC)cc2F)cc1. The molecule has 2 nitrogen and oxygen atoms in total. The molecule has 0 spiro atoms. The van der Waals surface area contributed by atoms with Gasteiger partial charge in [0.25, 0.3) is 0 Å². The fraction of sp³-hybridized carbons (Fsp3) is 0.294. The van der Waals surface area contributed by atoms with Crippen molar-refractivity contribution >= 4 is 0 Å². The van der Waals surface area contributed by atoms with Crippen molar-refractivity contribution in [2.75, 3.05) is 7.05 Å². The largest absolute Gasteiger partial charge is 0.451 e. The summed E-state index contributed by atoms with van der Waals surface area (Å²) in [6.45, 7) is 2.50. The Morgan fingerprint density at radius 3 is 2.14 bits per heavy atom. The predicted octanol–water partition coefficient (Wildman–Crippen LogP) is 4.43. The molecule has 2 aromatic rings. The van der Waals surface area contributed by atoms with E-state index >= 15 is 0 Å². The van der Waals surface area contributed by atoms with Gasteiger partial charge in [0.2, 0.25) is 0 Å². The number of rotatable bonds is 6. The summed E-state index contributed by atoms with van der Waals surface area (Å²) >= 11 is 0. The molecule has 21 heavy (non-hydrogen) atoms. The molecule has 112 valence electrons. The van der Waals surface area contributed by atoms with Crippen LogP contribution in [-0.4, -0.2) is 7.05 Å². The molecular weight excluding hydrogens is 272 g/mol. The average Bonchev–Trinajstić information content (AvgIpc) is 2.45. The molecule has 0 saturated carbocycles. The Hall–Kier alpha value is -1.94. The molecule has 2 rings (SSSR count). The molecule has 0 atom stereocenters. The van der Waals surface area contributed by atoms with Gasteiger partial charge in [-0.3, -0.25) is 0 Å². The highest BCUT2D eigenvalue weighted by Gasteiger charge is 2.13. The molecule has 0 saturated heterocycles. The highest BCUT2D eigenvalue weighted by Crippen LogP contribution is 2.29. The molecule has 1 N–H and O–H groups in total. The summed E-state index contributed by atoms with van der Waals surface area (Å²) in [5, 5.41) is 2.85. The van der Waals surface area contributed by atoms with E-state index in [1.807, 2.05) is 12.1 Å². The summed E-state index contributed by atoms with van der Waals surface area (Å²) in [4.78, 5) is 0. The lowest BCUT2D eigenvalue weighted by atomic mass is 10.1. The van der Waals surface area contributed by atoms with Gasteiger partial charge in [-0.05, 0) is 48.9 Å². The fourth-order valence-corrected chi connectivity index (χ4v) is 2.15. The van der Waals surface area contributed by atoms with Crippen LogP contribution >= 0.6 is 0 Å². The van der Waals surface area contributed by atoms with Crippen LogP contribution in [0.2, 0.25) is 0 Å². The number of halogens is 2. The van der Waals surface area contributed by atoms with Crippen molar-refractivity contribution in [1.82, 2.24) is 5.32 Å². The molecule has 0 unspecified atom stereocenters. The molecule has 4 heteroatoms. The first-order valence-corrected chi connectivity index (χ1v) is 7.03. The minimum absolute atomic E-state index is 0.363. The van der Waals surface area contributed by atoms with E-state index in [2.05, 4.69) is 12.2 Å². The quantitative estimate of drug-likeness (QED) is 0.850. The van der Waals surface area contributed by atoms with E-state index in [4.69, 9.17) is 4.74 Å². The highest BCUT2D eigenvalue weighted by molar-refractivity contribution is 5.37. The maximum Gasteiger partial charge on any atom is 0.198 e. The van der Waals surface area contributed by atoms with Crippen molar-refractivity contribution in [2.24, 2.45) is 0 Å². The minimum atomic E-state index is -0.696. The number of benzene rings is 2. The summed E-state index contributed by atoms with van der Waals surface area (Å²) in [6, 6.07) is 9.82. The third-order valence-electron chi connectivity index (χ3n) is 3.12. The van der Waals surface area contributed by atoms with Crippen LogP contribution in [0.5, 0.6) is 11.5 Å². The normalized spacial score (nSPS) is 10.7. The van der Waals surface area contributed by atoms with Crippen molar-refractivity contribution in [3.8, 4) is 11.5 Å². The topological polar surface area (TPSA) is 21.3 Å². The van der Waals surface area contributed by atoms with E-state index in [9.17, 15) is 8.78 Å². The van der Waals surface area contributed by atoms with Crippen molar-refractivity contribution in [3.63, 3.8) is 0 Å². The Morgan fingerprint density at radius 2 is 1.62 bits per heavy atom. The fourth-order valence-electron chi connectivity index (χ4n) is 2.15. The van der Waals surface area contributed by atoms with E-state index in [0.29, 0.717) is 17.9 Å². The average molecular weight is 291 g/mol. The molecule has 0 aliphatic heterocycles. The van der Waals surface area contributed by atoms with Gasteiger partial charge in [0.05, 0.1) is 0 Å². The van der Waals surface area contributed by atoms with Gasteiger partial charge in [-0.2, -0.15) is 0 Å². The van der Waals surface area contributed by atoms with Crippen molar-refractivity contribution in [3.05, 3.63) is 59.2 Å². The highest BCUT2D eigenvalue weighted by atomic mass is 19.1. The lowest BCUT2D eigenvalue weighted by Crippen LogP contribution is -2.06. The lowest BCUT2D eigenvalue weighted by molar-refractivity contribution is 0.406. The molecule has 0 heterocycles. The zero-order valence-corrected chi connectivity index (χ0v) is 12.2. The first-order valence-electron chi connectivity index (χ1n) is 7.03. The van der Waals surface area contributed by atoms with Crippen LogP contribution in [0.25, 0.3) is 0 Å². The summed E-state index contributed by atoms with van der Waals surface area (Å²) in [6.07, 6.45) is 2.03. The van der Waals surface area contributed by atoms with E-state index < -0.39 is 11.6 Å². The number of hydrogen-bond acceptors (Lipinski definition) is 2. The second kappa shape index (κ2) is 7.18. The number of hydrogen-bond donors (Lipinski definition) is 1. The summed E-state index contributed by atoms with van der Waals surface area (Å²) in [5.41, 5.74) is 1.72. The van der Waals surface area contributed by atoms with Gasteiger partial charge in [-0.15, -0.1) is 0 Å². The van der Waals surface area contributed by atoms with Gasteiger partial charge < -0.3 is 10.1 Å². The standard InChI is InChI=1S/C17H19F2NO/c1-3-4-12-5-7-14(8-6-12)21-17-15(18)9-13(11-20-2)10-16(17)19/h5-10,20H,3-4,11H2,1-2H3. The van der Waals surface area contributed by atoms with Crippen LogP contribution in [0.4, 0.5) is 8.78 Å². The predicted molar refractivity (Wildman–Crippen MR) is 79.6 cm³/mol. The number of ether oxygens (including phenoxy) is 1. The molecule has 0 aliphatic carbocycles. The third kappa shape index (κ3) is 4.02. The van der Waals surface area contributed by atoms with Crippen molar-refractivity contribution in [2.45, 2.75) is 26.3 Å². The van der Waals surface area contributed by atoms with Gasteiger partial charge in [0.1, 0.15) is 5.75 Å². The Labute approximate surface area is 123 Å². The summed E-state index contributed by atoms with van der Waals surface area (Å²) in [5.74, 6) is -1.33. The Morgan fingerprint density at radius 1 is 1.00 bits per heavy atom. The van der Waals surface area contributed by atoms with Crippen LogP contribution in [0.15, 0.2) is 36.4 Å². The van der Waals surface area contributed by atoms with Crippen LogP contribution in [-0.2, 0) is 13.0 Å². The summed E-state index contributed by atoms with van der Waals surface area (Å²) < 4.78 is 33.2. The van der Waals surface area contributed by atoms with Gasteiger partial charge in [-0.25, -0.2) is 8.78 Å². The summed E-state index contributed by atoms with van der Waals surface area (Å²) in [7, 11) is 1.72. The second-order valence-corrected chi connectivity index (χ2v) is 4.91. The molecule has 0 radical (unpaired) electrons. The number of aryl methyl sites for hydroxylation is 1. The van der Waals surface area contributed by atoms with Gasteiger partial charge in [-0.1, -0.05) is 25.5 Å². The second-order valence-electron chi connectivity index (χ2n) is 4.91. The minimum Gasteiger partial charge on any atom is -0.451 e. The Kier molecular flexibility index (Phi) is 5.28. The van der Waals surface area contributed by atoms with Crippen LogP contribution in [0.1, 0.15) is 24.5 Å². The maximum absolute atomic E-state index is 13.9. The lowest BCUT2D eigenvalue weighted by Gasteiger charge is -2.10. The molecule has 0 aromatic heterocycles. The van der Waals surface area contributed by atoms with Gasteiger partial charge in [0.15, 0.2) is 17.4 Å². The van der Waals surface area contributed by atoms with Gasteiger partial charge in [0, 0.05) is 6.54 Å². The Bertz CT molecular complexity index is 573. The van der Waals surface area contributed by atoms with Crippen molar-refractivity contribution in [1.29, 1.82) is 0 Å². The molecule has 0 fully saturated rings. The van der Waals surface area contributed by atoms with Gasteiger partial charge >= 0.3 is 0 Å². The molecule has 2 aromatic carbocycles. The maximum atomic E-state index is 13.9. The first kappa shape index (κ1) is 15.4. The molecular formula is C17H19F2NO. The molecule has 0 bridgehead atoms. The zero-order valence-electron chi connectivity index (χ0n) is 12.2.